The van der Waals surface area contributed by atoms with Crippen molar-refractivity contribution in [3.63, 3.8) is 0 Å². The number of cyclic esters (lactones) is 1. The summed E-state index contributed by atoms with van der Waals surface area (Å²) in [6, 6.07) is 0.269. The van der Waals surface area contributed by atoms with Gasteiger partial charge in [-0.1, -0.05) is 171 Å². The number of imide groups is 1. The molecule has 12 bridgehead atoms. The maximum Gasteiger partial charge on any atom is 0.347 e. The van der Waals surface area contributed by atoms with Crippen LogP contribution in [0.5, 0.6) is 0 Å². The molecule has 3 heterocycles. The van der Waals surface area contributed by atoms with Crippen molar-refractivity contribution in [2.24, 2.45) is 109 Å². The minimum Gasteiger partial charge on any atom is -0.463 e. The summed E-state index contributed by atoms with van der Waals surface area (Å²) in [5.74, 6) is 5.55. The van der Waals surface area contributed by atoms with Crippen LogP contribution in [0.25, 0.3) is 0 Å². The Labute approximate surface area is 759 Å². The molecule has 0 aromatic carbocycles. The molecule has 14 saturated carbocycles. The summed E-state index contributed by atoms with van der Waals surface area (Å²) in [6.45, 7) is 39.1. The molecule has 3 saturated heterocycles. The van der Waals surface area contributed by atoms with Crippen LogP contribution in [0.15, 0.2) is 0 Å². The largest absolute Gasteiger partial charge is 0.463 e. The second-order valence-corrected chi connectivity index (χ2v) is 43.2. The molecule has 14 aliphatic carbocycles. The van der Waals surface area contributed by atoms with Gasteiger partial charge < -0.3 is 38.3 Å². The highest BCUT2D eigenvalue weighted by molar-refractivity contribution is 7.87. The first-order valence-corrected chi connectivity index (χ1v) is 45.7. The lowest BCUT2D eigenvalue weighted by Gasteiger charge is -2.60. The second-order valence-electron chi connectivity index (χ2n) is 41.4. The van der Waals surface area contributed by atoms with Gasteiger partial charge in [-0.25, -0.2) is 9.59 Å². The molecule has 17 rings (SSSR count). The number of aliphatic hydroxyl groups is 1. The number of ether oxygens (including phenoxy) is 7. The molecule has 21 nitrogen and oxygen atoms in total. The van der Waals surface area contributed by atoms with E-state index in [0.29, 0.717) is 80.6 Å². The van der Waals surface area contributed by atoms with E-state index in [1.807, 2.05) is 90.0 Å². The van der Waals surface area contributed by atoms with Gasteiger partial charge in [-0.3, -0.25) is 42.6 Å². The predicted molar refractivity (Wildman–Crippen MR) is 504 cm³/mol. The normalized spacial score (nSPS) is 33.0. The first-order chi connectivity index (χ1) is 52.2. The monoisotopic (exact) mass is 1780 g/mol. The minimum atomic E-state index is -3.53. The molecule has 732 valence electrons. The summed E-state index contributed by atoms with van der Waals surface area (Å²) in [5, 5.41) is 10.2. The molecule has 14 unspecified atom stereocenters. The van der Waals surface area contributed by atoms with Crippen LogP contribution in [0.4, 0.5) is 0 Å². The molecular weight excluding hydrogens is 1590 g/mol. The zero-order chi connectivity index (χ0) is 82.7. The van der Waals surface area contributed by atoms with Crippen molar-refractivity contribution in [1.29, 1.82) is 0 Å². The molecule has 0 radical (unpaired) electrons. The maximum absolute atomic E-state index is 12.7. The van der Waals surface area contributed by atoms with Crippen LogP contribution in [0.3, 0.4) is 0 Å². The van der Waals surface area contributed by atoms with Crippen LogP contribution in [-0.2, 0) is 90.6 Å². The number of fused-ring (bicyclic) bond motifs is 9. The number of esters is 7. The quantitative estimate of drug-likeness (QED) is 0.0483. The minimum absolute atomic E-state index is 0. The van der Waals surface area contributed by atoms with E-state index in [2.05, 4.69) is 20.8 Å². The molecule has 17 fully saturated rings. The first-order valence-electron chi connectivity index (χ1n) is 44.2. The van der Waals surface area contributed by atoms with Crippen molar-refractivity contribution in [3.05, 3.63) is 0 Å². The molecule has 2 amide bonds. The molecular formula is C102H193NO20S. The van der Waals surface area contributed by atoms with Gasteiger partial charge in [0.25, 0.3) is 10.1 Å². The number of carbonyl (C=O) groups excluding carboxylic acids is 9. The van der Waals surface area contributed by atoms with E-state index >= 15 is 0 Å². The number of rotatable bonds is 21. The highest BCUT2D eigenvalue weighted by Gasteiger charge is 2.71. The van der Waals surface area contributed by atoms with Crippen LogP contribution < -0.4 is 0 Å². The van der Waals surface area contributed by atoms with Gasteiger partial charge in [0.05, 0.1) is 56.5 Å². The number of β-lactam (4-membered cyclic amide) rings is 1. The maximum atomic E-state index is 12.7. The van der Waals surface area contributed by atoms with Crippen molar-refractivity contribution in [2.45, 2.75) is 479 Å². The third kappa shape index (κ3) is 25.3. The van der Waals surface area contributed by atoms with Crippen LogP contribution in [0.1, 0.15) is 427 Å². The fourth-order valence-electron chi connectivity index (χ4n) is 22.6. The zero-order valence-corrected chi connectivity index (χ0v) is 73.1. The smallest absolute Gasteiger partial charge is 0.347 e. The second kappa shape index (κ2) is 46.9. The number of nitrogens with zero attached hydrogens (tertiary/aromatic N) is 1. The summed E-state index contributed by atoms with van der Waals surface area (Å²) >= 11 is 0. The van der Waals surface area contributed by atoms with Crippen LogP contribution in [-0.4, -0.2) is 137 Å². The molecule has 14 atom stereocenters. The highest BCUT2D eigenvalue weighted by Crippen LogP contribution is 2.67. The van der Waals surface area contributed by atoms with E-state index in [4.69, 9.17) is 37.3 Å². The standard InChI is InChI=1S/C18H30O2.C17H25NO2.C16H26O3.C15H22O7S.C14H26O2.C10H16O4.12CH4/c1-5-17(3,4)16(19)20-18(6-2)14-8-12-7-13(10-14)11-15(18)9-12;1-4-17(2,3)16(20)18-14-12-8-11(13(14)15(18)19)9-6-5-7-10(9)12;1-4-14(2,3)13(17)19-16-8-11-5-12(9-16)7-15(18,6-11)10-16;1-4-15(2,3)14(17)20-7-11(16)21-12-8-5-9-10(6-8)23(18,19)22-13(9)12;1-5-13(3,4)12(15)16-14(6-2)10-8-7-9-11-14;1-4-10(2,3)9(12)14-7-5-6-13-8(7)11;;;;;;;;;;;;/h12-15H,5-11H2,1-4H3;9-14H,4-8H2,1-3H3;11-12,18H,4-10H2,1-3H3;8-10,12-13H,4-7H2,1-3H3;5-11H2,1-4H3;7H,4-6H2,1-3H3;12*1H4. The topological polar surface area (TPSA) is 285 Å². The number of hydrogen-bond donors (Lipinski definition) is 1. The molecule has 124 heavy (non-hydrogen) atoms. The lowest BCUT2D eigenvalue weighted by Crippen LogP contribution is -2.68. The molecule has 1 N–H and O–H groups in total. The number of amides is 2. The Kier molecular flexibility index (Phi) is 46.7. The Bertz CT molecular complexity index is 3500. The lowest BCUT2D eigenvalue weighted by molar-refractivity contribution is -0.225. The predicted octanol–water partition coefficient (Wildman–Crippen LogP) is 24.5. The van der Waals surface area contributed by atoms with Gasteiger partial charge in [-0.05, 0) is 302 Å². The third-order valence-corrected chi connectivity index (χ3v) is 33.5. The van der Waals surface area contributed by atoms with Crippen LogP contribution >= 0.6 is 0 Å². The Morgan fingerprint density at radius 2 is 0.919 bits per heavy atom. The van der Waals surface area contributed by atoms with Gasteiger partial charge in [-0.2, -0.15) is 8.42 Å². The summed E-state index contributed by atoms with van der Waals surface area (Å²) in [5.41, 5.74) is -3.84. The van der Waals surface area contributed by atoms with Crippen molar-refractivity contribution >= 4 is 63.7 Å². The number of carbonyl (C=O) groups is 9. The molecule has 0 aromatic rings. The van der Waals surface area contributed by atoms with Gasteiger partial charge in [-0.15, -0.1) is 0 Å². The highest BCUT2D eigenvalue weighted by atomic mass is 32.2. The lowest BCUT2D eigenvalue weighted by atomic mass is 9.49. The fourth-order valence-corrected chi connectivity index (χ4v) is 24.5. The van der Waals surface area contributed by atoms with Crippen molar-refractivity contribution in [1.82, 2.24) is 4.90 Å². The average Bonchev–Trinajstić information content (AvgIpc) is 1.51. The number of hydrogen-bond acceptors (Lipinski definition) is 20. The van der Waals surface area contributed by atoms with Crippen LogP contribution in [0, 0.1) is 109 Å². The first kappa shape index (κ1) is 123. The summed E-state index contributed by atoms with van der Waals surface area (Å²) in [7, 11) is -3.53. The Morgan fingerprint density at radius 3 is 1.37 bits per heavy atom. The molecule has 0 spiro atoms. The Balaban J connectivity index is -0.00000140. The van der Waals surface area contributed by atoms with Gasteiger partial charge in [0.1, 0.15) is 29.0 Å². The van der Waals surface area contributed by atoms with Crippen molar-refractivity contribution < 1.29 is 94.0 Å². The van der Waals surface area contributed by atoms with Crippen molar-refractivity contribution in [2.75, 3.05) is 13.2 Å². The van der Waals surface area contributed by atoms with E-state index in [-0.39, 0.29) is 176 Å². The Morgan fingerprint density at radius 1 is 0.468 bits per heavy atom. The average molecular weight is 1790 g/mol. The fraction of sp³-hybridized carbons (Fsp3) is 0.912. The summed E-state index contributed by atoms with van der Waals surface area (Å²) in [6.07, 6.45) is 29.7. The van der Waals surface area contributed by atoms with E-state index < -0.39 is 85.5 Å². The Hall–Kier alpha value is -4.70. The summed E-state index contributed by atoms with van der Waals surface area (Å²) < 4.78 is 67.0. The van der Waals surface area contributed by atoms with E-state index in [1.54, 1.807) is 32.6 Å². The molecule has 22 heteroatoms. The number of likely N-dealkylation sites (tertiary alicyclic amines) is 1. The molecule has 0 aromatic heterocycles. The van der Waals surface area contributed by atoms with E-state index in [9.17, 15) is 56.7 Å². The van der Waals surface area contributed by atoms with Gasteiger partial charge in [0.15, 0.2) is 6.61 Å². The SMILES string of the molecule is C.C.C.C.C.C.C.C.C.C.C.C.CCC(C)(C)C(=O)N1C(=O)C2C3CC(C4CCCC43)C21.CCC(C)(C)C(=O)OC1(CC)C2CC3CC(C2)CC1C3.CCC(C)(C)C(=O)OC12CC3CC(CC(O)(C3)C1)C2.CCC(C)(C)C(=O)OC1CCOC1=O.CCC(C)(C)C(=O)OCC(=O)OC1C2CC3C1OS(=O)(=O)C3C2.CCC1(OC(=O)C(C)(C)CC)CCCCC1. The van der Waals surface area contributed by atoms with Gasteiger partial charge in [0.2, 0.25) is 17.9 Å². The zero-order valence-electron chi connectivity index (χ0n) is 72.3. The van der Waals surface area contributed by atoms with Gasteiger partial charge in [0, 0.05) is 30.1 Å². The van der Waals surface area contributed by atoms with Gasteiger partial charge >= 0.3 is 41.8 Å². The van der Waals surface area contributed by atoms with E-state index in [0.717, 1.165) is 101 Å². The molecule has 17 aliphatic rings. The summed E-state index contributed by atoms with van der Waals surface area (Å²) in [4.78, 5) is 110. The van der Waals surface area contributed by atoms with Crippen LogP contribution in [0.2, 0.25) is 0 Å². The van der Waals surface area contributed by atoms with Crippen molar-refractivity contribution in [3.8, 4) is 0 Å². The van der Waals surface area contributed by atoms with E-state index in [1.165, 1.54) is 83.5 Å². The third-order valence-electron chi connectivity index (χ3n) is 31.7. The molecule has 3 aliphatic heterocycles.